The molecule has 0 saturated heterocycles. The highest BCUT2D eigenvalue weighted by atomic mass is 35.5. The molecular formula is C11H11ClF3N3. The van der Waals surface area contributed by atoms with Gasteiger partial charge in [-0.3, -0.25) is 0 Å². The van der Waals surface area contributed by atoms with Crippen molar-refractivity contribution in [3.05, 3.63) is 34.7 Å². The molecule has 3 nitrogen and oxygen atoms in total. The second-order valence-corrected chi connectivity index (χ2v) is 4.50. The molecule has 0 bridgehead atoms. The number of hydrogen-bond donors (Lipinski definition) is 1. The molecule has 1 atom stereocenters. The van der Waals surface area contributed by atoms with Crippen LogP contribution in [0.1, 0.15) is 24.1 Å². The summed E-state index contributed by atoms with van der Waals surface area (Å²) in [5, 5.41) is -0.0275. The number of nitrogens with zero attached hydrogens (tertiary/aromatic N) is 2. The molecule has 0 aliphatic rings. The molecule has 7 heteroatoms. The average molecular weight is 278 g/mol. The maximum absolute atomic E-state index is 12.7. The molecular weight excluding hydrogens is 267 g/mol. The summed E-state index contributed by atoms with van der Waals surface area (Å²) in [5.41, 5.74) is 5.63. The Morgan fingerprint density at radius 2 is 2.17 bits per heavy atom. The molecule has 2 rings (SSSR count). The van der Waals surface area contributed by atoms with Crippen molar-refractivity contribution in [1.82, 2.24) is 9.38 Å². The fraction of sp³-hybridized carbons (Fsp3) is 0.364. The maximum atomic E-state index is 12.7. The molecule has 2 aromatic heterocycles. The predicted octanol–water partition coefficient (Wildman–Crippen LogP) is 3.07. The average Bonchev–Trinajstić information content (AvgIpc) is 2.71. The first kappa shape index (κ1) is 13.2. The molecule has 0 aliphatic heterocycles. The summed E-state index contributed by atoms with van der Waals surface area (Å²) in [5.74, 6) is -0.0976. The van der Waals surface area contributed by atoms with E-state index in [1.54, 1.807) is 0 Å². The first-order valence-corrected chi connectivity index (χ1v) is 5.66. The normalized spacial score (nSPS) is 14.1. The van der Waals surface area contributed by atoms with E-state index in [9.17, 15) is 13.2 Å². The minimum Gasteiger partial charge on any atom is -0.330 e. The summed E-state index contributed by atoms with van der Waals surface area (Å²) in [4.78, 5) is 4.02. The number of nitrogens with two attached hydrogens (primary N) is 1. The summed E-state index contributed by atoms with van der Waals surface area (Å²) < 4.78 is 39.4. The number of imidazole rings is 1. The number of halogens is 4. The van der Waals surface area contributed by atoms with E-state index in [0.29, 0.717) is 17.9 Å². The molecule has 0 radical (unpaired) electrons. The van der Waals surface area contributed by atoms with Gasteiger partial charge in [-0.15, -0.1) is 0 Å². The summed E-state index contributed by atoms with van der Waals surface area (Å²) >= 11 is 5.81. The van der Waals surface area contributed by atoms with Crippen molar-refractivity contribution < 1.29 is 13.2 Å². The number of aromatic nitrogens is 2. The van der Waals surface area contributed by atoms with Gasteiger partial charge in [0.2, 0.25) is 0 Å². The van der Waals surface area contributed by atoms with Crippen molar-refractivity contribution in [3.8, 4) is 0 Å². The number of pyridine rings is 1. The Hall–Kier alpha value is -1.27. The van der Waals surface area contributed by atoms with E-state index in [4.69, 9.17) is 17.3 Å². The van der Waals surface area contributed by atoms with E-state index in [1.807, 2.05) is 6.92 Å². The van der Waals surface area contributed by atoms with Gasteiger partial charge < -0.3 is 10.1 Å². The topological polar surface area (TPSA) is 43.3 Å². The van der Waals surface area contributed by atoms with Crippen molar-refractivity contribution in [2.45, 2.75) is 19.0 Å². The van der Waals surface area contributed by atoms with Crippen LogP contribution in [0.2, 0.25) is 5.02 Å². The van der Waals surface area contributed by atoms with Gasteiger partial charge in [-0.2, -0.15) is 13.2 Å². The van der Waals surface area contributed by atoms with Crippen molar-refractivity contribution in [1.29, 1.82) is 0 Å². The van der Waals surface area contributed by atoms with Gasteiger partial charge in [0, 0.05) is 30.6 Å². The molecule has 0 amide bonds. The van der Waals surface area contributed by atoms with Crippen LogP contribution < -0.4 is 5.73 Å². The van der Waals surface area contributed by atoms with Gasteiger partial charge in [0.25, 0.3) is 0 Å². The Morgan fingerprint density at radius 3 is 2.72 bits per heavy atom. The lowest BCUT2D eigenvalue weighted by Gasteiger charge is -2.12. The fourth-order valence-electron chi connectivity index (χ4n) is 1.70. The molecule has 0 aliphatic carbocycles. The van der Waals surface area contributed by atoms with Gasteiger partial charge in [-0.25, -0.2) is 4.98 Å². The lowest BCUT2D eigenvalue weighted by atomic mass is 10.1. The Kier molecular flexibility index (Phi) is 3.25. The zero-order chi connectivity index (χ0) is 13.5. The van der Waals surface area contributed by atoms with Crippen molar-refractivity contribution >= 4 is 17.2 Å². The molecule has 18 heavy (non-hydrogen) atoms. The Balaban J connectivity index is 2.68. The summed E-state index contributed by atoms with van der Waals surface area (Å²) in [6.07, 6.45) is -1.94. The second-order valence-electron chi connectivity index (χ2n) is 4.09. The number of fused-ring (bicyclic) bond motifs is 1. The third-order valence-corrected chi connectivity index (χ3v) is 3.05. The van der Waals surface area contributed by atoms with Crippen LogP contribution in [0.15, 0.2) is 18.5 Å². The Morgan fingerprint density at radius 1 is 1.50 bits per heavy atom. The van der Waals surface area contributed by atoms with Gasteiger partial charge in [0.05, 0.1) is 10.6 Å². The summed E-state index contributed by atoms with van der Waals surface area (Å²) in [6.45, 7) is 2.14. The zero-order valence-electron chi connectivity index (χ0n) is 9.50. The van der Waals surface area contributed by atoms with Crippen LogP contribution >= 0.6 is 11.6 Å². The van der Waals surface area contributed by atoms with Crippen molar-refractivity contribution in [2.24, 2.45) is 5.73 Å². The quantitative estimate of drug-likeness (QED) is 0.917. The van der Waals surface area contributed by atoms with E-state index in [0.717, 1.165) is 12.3 Å². The van der Waals surface area contributed by atoms with Crippen LogP contribution in [0.25, 0.3) is 5.65 Å². The van der Waals surface area contributed by atoms with Crippen LogP contribution in [0.4, 0.5) is 13.2 Å². The third kappa shape index (κ3) is 2.18. The van der Waals surface area contributed by atoms with Crippen LogP contribution in [0, 0.1) is 0 Å². The second kappa shape index (κ2) is 4.44. The van der Waals surface area contributed by atoms with Crippen molar-refractivity contribution in [3.63, 3.8) is 0 Å². The van der Waals surface area contributed by atoms with Crippen LogP contribution in [0.5, 0.6) is 0 Å². The van der Waals surface area contributed by atoms with Gasteiger partial charge >= 0.3 is 6.18 Å². The smallest absolute Gasteiger partial charge is 0.330 e. The van der Waals surface area contributed by atoms with E-state index in [2.05, 4.69) is 4.98 Å². The monoisotopic (exact) mass is 277 g/mol. The van der Waals surface area contributed by atoms with Crippen LogP contribution in [-0.2, 0) is 6.18 Å². The molecule has 0 aromatic carbocycles. The highest BCUT2D eigenvalue weighted by Crippen LogP contribution is 2.33. The summed E-state index contributed by atoms with van der Waals surface area (Å²) in [6, 6.07) is 0.876. The molecule has 2 N–H and O–H groups in total. The molecule has 0 spiro atoms. The zero-order valence-corrected chi connectivity index (χ0v) is 10.3. The summed E-state index contributed by atoms with van der Waals surface area (Å²) in [7, 11) is 0. The minimum atomic E-state index is -4.44. The molecule has 0 saturated carbocycles. The standard InChI is InChI=1S/C11H11ClF3N3/c1-6(3-16)9-4-17-10-8(12)2-7(5-18(9)10)11(13,14)15/h2,4-6H,3,16H2,1H3. The highest BCUT2D eigenvalue weighted by Gasteiger charge is 2.32. The Bertz CT molecular complexity index is 577. The first-order chi connectivity index (χ1) is 8.34. The largest absolute Gasteiger partial charge is 0.417 e. The molecule has 1 unspecified atom stereocenters. The van der Waals surface area contributed by atoms with E-state index in [-0.39, 0.29) is 10.9 Å². The number of alkyl halides is 3. The Labute approximate surface area is 106 Å². The minimum absolute atomic E-state index is 0.0275. The van der Waals surface area contributed by atoms with Gasteiger partial charge in [-0.1, -0.05) is 18.5 Å². The lowest BCUT2D eigenvalue weighted by Crippen LogP contribution is -2.12. The lowest BCUT2D eigenvalue weighted by molar-refractivity contribution is -0.137. The highest BCUT2D eigenvalue weighted by molar-refractivity contribution is 6.33. The van der Waals surface area contributed by atoms with Gasteiger partial charge in [-0.05, 0) is 6.07 Å². The SMILES string of the molecule is CC(CN)c1cnc2c(Cl)cc(C(F)(F)F)cn12. The number of hydrogen-bond acceptors (Lipinski definition) is 2. The molecule has 0 fully saturated rings. The van der Waals surface area contributed by atoms with Gasteiger partial charge in [0.1, 0.15) is 0 Å². The fourth-order valence-corrected chi connectivity index (χ4v) is 1.96. The van der Waals surface area contributed by atoms with Crippen LogP contribution in [0.3, 0.4) is 0 Å². The van der Waals surface area contributed by atoms with E-state index < -0.39 is 11.7 Å². The van der Waals surface area contributed by atoms with Gasteiger partial charge in [0.15, 0.2) is 5.65 Å². The van der Waals surface area contributed by atoms with Crippen LogP contribution in [-0.4, -0.2) is 15.9 Å². The molecule has 2 aromatic rings. The first-order valence-electron chi connectivity index (χ1n) is 5.28. The predicted molar refractivity (Wildman–Crippen MR) is 62.7 cm³/mol. The van der Waals surface area contributed by atoms with E-state index >= 15 is 0 Å². The maximum Gasteiger partial charge on any atom is 0.417 e. The molecule has 2 heterocycles. The third-order valence-electron chi connectivity index (χ3n) is 2.78. The number of rotatable bonds is 2. The molecule has 98 valence electrons. The van der Waals surface area contributed by atoms with E-state index in [1.165, 1.54) is 10.6 Å². The van der Waals surface area contributed by atoms with Crippen molar-refractivity contribution in [2.75, 3.05) is 6.54 Å².